The fourth-order valence-corrected chi connectivity index (χ4v) is 5.75. The highest BCUT2D eigenvalue weighted by Gasteiger charge is 2.23. The van der Waals surface area contributed by atoms with Crippen LogP contribution in [-0.2, 0) is 0 Å². The van der Waals surface area contributed by atoms with Crippen molar-refractivity contribution in [3.63, 3.8) is 0 Å². The van der Waals surface area contributed by atoms with Gasteiger partial charge in [-0.2, -0.15) is 0 Å². The quantitative estimate of drug-likeness (QED) is 0.421. The fraction of sp³-hybridized carbons (Fsp3) is 1.00. The summed E-state index contributed by atoms with van der Waals surface area (Å²) in [6.07, 6.45) is 17.7. The normalized spacial score (nSPS) is 22.8. The van der Waals surface area contributed by atoms with Crippen molar-refractivity contribution in [2.75, 3.05) is 26.2 Å². The maximum Gasteiger partial charge on any atom is 0.0112 e. The molecule has 2 saturated carbocycles. The lowest BCUT2D eigenvalue weighted by atomic mass is 9.84. The molecule has 0 aliphatic heterocycles. The van der Waals surface area contributed by atoms with Crippen LogP contribution in [0.5, 0.6) is 0 Å². The van der Waals surface area contributed by atoms with E-state index in [2.05, 4.69) is 37.5 Å². The minimum Gasteiger partial charge on any atom is -0.300 e. The predicted molar refractivity (Wildman–Crippen MR) is 116 cm³/mol. The van der Waals surface area contributed by atoms with Gasteiger partial charge in [-0.05, 0) is 51.6 Å². The second-order valence-corrected chi connectivity index (χ2v) is 9.43. The Morgan fingerprint density at radius 2 is 0.962 bits per heavy atom. The third-order valence-electron chi connectivity index (χ3n) is 7.53. The van der Waals surface area contributed by atoms with Gasteiger partial charge < -0.3 is 0 Å². The number of hydrogen-bond acceptors (Lipinski definition) is 2. The van der Waals surface area contributed by atoms with Crippen LogP contribution >= 0.6 is 0 Å². The molecule has 0 amide bonds. The van der Waals surface area contributed by atoms with Crippen molar-refractivity contribution >= 4 is 0 Å². The summed E-state index contributed by atoms with van der Waals surface area (Å²) in [4.78, 5) is 5.51. The van der Waals surface area contributed by atoms with Crippen LogP contribution in [0.4, 0.5) is 0 Å². The third-order valence-corrected chi connectivity index (χ3v) is 7.53. The minimum atomic E-state index is 0.760. The Bertz CT molecular complexity index is 310. The molecule has 2 fully saturated rings. The van der Waals surface area contributed by atoms with Crippen LogP contribution in [0.2, 0.25) is 0 Å². The van der Waals surface area contributed by atoms with E-state index in [1.165, 1.54) is 103 Å². The smallest absolute Gasteiger partial charge is 0.0112 e. The van der Waals surface area contributed by atoms with E-state index >= 15 is 0 Å². The molecule has 0 bridgehead atoms. The second kappa shape index (κ2) is 12.4. The van der Waals surface area contributed by atoms with Gasteiger partial charge in [-0.15, -0.1) is 0 Å². The van der Waals surface area contributed by atoms with Crippen LogP contribution in [0.15, 0.2) is 0 Å². The van der Waals surface area contributed by atoms with E-state index in [0.29, 0.717) is 0 Å². The zero-order valence-corrected chi connectivity index (χ0v) is 18.5. The standard InChI is InChI=1S/C24H48N2/c1-5-25(21(3)19-23-13-9-7-10-14-23)17-18-26(6-2)22(4)20-24-15-11-8-12-16-24/h21-24H,5-20H2,1-4H3/t21-,22-/m1/s1. The molecule has 0 aromatic heterocycles. The number of hydrogen-bond donors (Lipinski definition) is 0. The number of rotatable bonds is 11. The van der Waals surface area contributed by atoms with E-state index in [-0.39, 0.29) is 0 Å². The Labute approximate surface area is 165 Å². The molecule has 2 rings (SSSR count). The zero-order valence-electron chi connectivity index (χ0n) is 18.5. The molecular weight excluding hydrogens is 316 g/mol. The maximum atomic E-state index is 2.75. The van der Waals surface area contributed by atoms with Crippen LogP contribution in [0.25, 0.3) is 0 Å². The first kappa shape index (κ1) is 22.2. The van der Waals surface area contributed by atoms with Crippen LogP contribution in [0.3, 0.4) is 0 Å². The Kier molecular flexibility index (Phi) is 10.6. The molecule has 0 unspecified atom stereocenters. The van der Waals surface area contributed by atoms with E-state index in [0.717, 1.165) is 23.9 Å². The molecule has 2 nitrogen and oxygen atoms in total. The molecular formula is C24H48N2. The molecule has 26 heavy (non-hydrogen) atoms. The van der Waals surface area contributed by atoms with E-state index < -0.39 is 0 Å². The monoisotopic (exact) mass is 364 g/mol. The number of likely N-dealkylation sites (N-methyl/N-ethyl adjacent to an activating group) is 2. The SMILES string of the molecule is CCN(CCN(CC)[C@H](C)CC1CCCCC1)[C@H](C)CC1CCCCC1. The van der Waals surface area contributed by atoms with Gasteiger partial charge in [0.05, 0.1) is 0 Å². The average molecular weight is 365 g/mol. The molecule has 0 N–H and O–H groups in total. The lowest BCUT2D eigenvalue weighted by Crippen LogP contribution is -2.43. The molecule has 2 heteroatoms. The van der Waals surface area contributed by atoms with Gasteiger partial charge in [-0.3, -0.25) is 9.80 Å². The van der Waals surface area contributed by atoms with Gasteiger partial charge in [-0.1, -0.05) is 78.1 Å². The van der Waals surface area contributed by atoms with E-state index in [9.17, 15) is 0 Å². The average Bonchev–Trinajstić information content (AvgIpc) is 2.66. The van der Waals surface area contributed by atoms with E-state index in [1.807, 2.05) is 0 Å². The summed E-state index contributed by atoms with van der Waals surface area (Å²) in [5, 5.41) is 0. The van der Waals surface area contributed by atoms with Gasteiger partial charge in [0, 0.05) is 25.2 Å². The van der Waals surface area contributed by atoms with Crippen molar-refractivity contribution in [2.24, 2.45) is 11.8 Å². The lowest BCUT2D eigenvalue weighted by molar-refractivity contribution is 0.122. The van der Waals surface area contributed by atoms with Gasteiger partial charge >= 0.3 is 0 Å². The van der Waals surface area contributed by atoms with Crippen molar-refractivity contribution in [1.29, 1.82) is 0 Å². The highest BCUT2D eigenvalue weighted by atomic mass is 15.2. The molecule has 2 aliphatic carbocycles. The number of nitrogens with zero attached hydrogens (tertiary/aromatic N) is 2. The molecule has 0 spiro atoms. The van der Waals surface area contributed by atoms with Crippen LogP contribution in [-0.4, -0.2) is 48.1 Å². The second-order valence-electron chi connectivity index (χ2n) is 9.43. The molecule has 0 saturated heterocycles. The van der Waals surface area contributed by atoms with Gasteiger partial charge in [0.1, 0.15) is 0 Å². The van der Waals surface area contributed by atoms with Gasteiger partial charge in [0.2, 0.25) is 0 Å². The van der Waals surface area contributed by atoms with Crippen molar-refractivity contribution in [3.05, 3.63) is 0 Å². The first-order chi connectivity index (χ1) is 12.6. The Balaban J connectivity index is 1.74. The highest BCUT2D eigenvalue weighted by Crippen LogP contribution is 2.29. The summed E-state index contributed by atoms with van der Waals surface area (Å²) in [7, 11) is 0. The van der Waals surface area contributed by atoms with Crippen LogP contribution < -0.4 is 0 Å². The molecule has 2 atom stereocenters. The van der Waals surface area contributed by atoms with Gasteiger partial charge in [-0.25, -0.2) is 0 Å². The largest absolute Gasteiger partial charge is 0.300 e. The Hall–Kier alpha value is -0.0800. The lowest BCUT2D eigenvalue weighted by Gasteiger charge is -2.36. The van der Waals surface area contributed by atoms with Gasteiger partial charge in [0.25, 0.3) is 0 Å². The summed E-state index contributed by atoms with van der Waals surface area (Å²) in [6.45, 7) is 14.6. The van der Waals surface area contributed by atoms with Crippen LogP contribution in [0, 0.1) is 11.8 Å². The Morgan fingerprint density at radius 3 is 1.27 bits per heavy atom. The third kappa shape index (κ3) is 7.50. The van der Waals surface area contributed by atoms with E-state index in [4.69, 9.17) is 0 Å². The minimum absolute atomic E-state index is 0.760. The highest BCUT2D eigenvalue weighted by molar-refractivity contribution is 4.77. The summed E-state index contributed by atoms with van der Waals surface area (Å²) in [5.41, 5.74) is 0. The first-order valence-electron chi connectivity index (χ1n) is 12.1. The molecule has 0 radical (unpaired) electrons. The maximum absolute atomic E-state index is 2.75. The predicted octanol–water partition coefficient (Wildman–Crippen LogP) is 6.35. The summed E-state index contributed by atoms with van der Waals surface area (Å²) in [5.74, 6) is 2.00. The van der Waals surface area contributed by atoms with E-state index in [1.54, 1.807) is 0 Å². The van der Waals surface area contributed by atoms with Crippen molar-refractivity contribution in [2.45, 2.75) is 117 Å². The van der Waals surface area contributed by atoms with Crippen molar-refractivity contribution in [3.8, 4) is 0 Å². The Morgan fingerprint density at radius 1 is 0.615 bits per heavy atom. The molecule has 154 valence electrons. The molecule has 0 aromatic carbocycles. The van der Waals surface area contributed by atoms with Crippen molar-refractivity contribution in [1.82, 2.24) is 9.80 Å². The topological polar surface area (TPSA) is 6.48 Å². The van der Waals surface area contributed by atoms with Gasteiger partial charge in [0.15, 0.2) is 0 Å². The van der Waals surface area contributed by atoms with Crippen LogP contribution in [0.1, 0.15) is 105 Å². The molecule has 0 aromatic rings. The summed E-state index contributed by atoms with van der Waals surface area (Å²) < 4.78 is 0. The fourth-order valence-electron chi connectivity index (χ4n) is 5.75. The summed E-state index contributed by atoms with van der Waals surface area (Å²) in [6, 6.07) is 1.52. The first-order valence-corrected chi connectivity index (χ1v) is 12.1. The van der Waals surface area contributed by atoms with Crippen molar-refractivity contribution < 1.29 is 0 Å². The summed E-state index contributed by atoms with van der Waals surface area (Å²) >= 11 is 0. The molecule has 2 aliphatic rings. The zero-order chi connectivity index (χ0) is 18.8. The molecule has 0 heterocycles.